The highest BCUT2D eigenvalue weighted by Crippen LogP contribution is 2.15. The van der Waals surface area contributed by atoms with E-state index in [-0.39, 0.29) is 22.7 Å². The van der Waals surface area contributed by atoms with Crippen molar-refractivity contribution in [1.82, 2.24) is 15.1 Å². The van der Waals surface area contributed by atoms with Gasteiger partial charge in [0.15, 0.2) is 9.84 Å². The highest BCUT2D eigenvalue weighted by molar-refractivity contribution is 7.91. The van der Waals surface area contributed by atoms with Gasteiger partial charge in [0, 0.05) is 30.7 Å². The Balaban J connectivity index is 2.48. The lowest BCUT2D eigenvalue weighted by molar-refractivity contribution is 0.169. The van der Waals surface area contributed by atoms with Gasteiger partial charge in [-0.3, -0.25) is 0 Å². The van der Waals surface area contributed by atoms with E-state index < -0.39 is 9.84 Å². The second kappa shape index (κ2) is 11.5. The van der Waals surface area contributed by atoms with Crippen molar-refractivity contribution in [2.24, 2.45) is 0 Å². The summed E-state index contributed by atoms with van der Waals surface area (Å²) >= 11 is 5.79. The lowest BCUT2D eigenvalue weighted by Gasteiger charge is -2.29. The molecule has 8 heteroatoms. The number of nitrogens with zero attached hydrogens (tertiary/aromatic N) is 2. The summed E-state index contributed by atoms with van der Waals surface area (Å²) in [4.78, 5) is 16.7. The van der Waals surface area contributed by atoms with Crippen LogP contribution < -0.4 is 5.32 Å². The maximum Gasteiger partial charge on any atom is 0.317 e. The summed E-state index contributed by atoms with van der Waals surface area (Å²) in [6.07, 6.45) is 0.360. The van der Waals surface area contributed by atoms with E-state index in [1.807, 2.05) is 13.8 Å². The number of sulfone groups is 1. The molecule has 0 spiro atoms. The SMILES string of the molecule is CCN(CC)CCN(C(=O)NCCCS(=O)(=O)c1ccc(Cl)cc1)C(C)C. The van der Waals surface area contributed by atoms with Crippen LogP contribution in [0.3, 0.4) is 0 Å². The average molecular weight is 418 g/mol. The molecule has 2 amide bonds. The van der Waals surface area contributed by atoms with Crippen LogP contribution in [0.5, 0.6) is 0 Å². The lowest BCUT2D eigenvalue weighted by Crippen LogP contribution is -2.47. The molecule has 0 aliphatic carbocycles. The lowest BCUT2D eigenvalue weighted by atomic mass is 10.3. The molecule has 0 radical (unpaired) electrons. The van der Waals surface area contributed by atoms with Gasteiger partial charge in [-0.1, -0.05) is 25.4 Å². The van der Waals surface area contributed by atoms with Gasteiger partial charge in [-0.2, -0.15) is 0 Å². The summed E-state index contributed by atoms with van der Waals surface area (Å²) < 4.78 is 24.6. The molecule has 0 saturated carbocycles. The normalized spacial score (nSPS) is 11.8. The van der Waals surface area contributed by atoms with E-state index >= 15 is 0 Å². The molecule has 0 aromatic heterocycles. The zero-order valence-corrected chi connectivity index (χ0v) is 18.3. The second-order valence-corrected chi connectivity index (χ2v) is 9.22. The van der Waals surface area contributed by atoms with E-state index in [2.05, 4.69) is 24.1 Å². The van der Waals surface area contributed by atoms with Crippen LogP contribution in [-0.4, -0.2) is 68.8 Å². The van der Waals surface area contributed by atoms with Crippen LogP contribution in [0, 0.1) is 0 Å². The van der Waals surface area contributed by atoms with Crippen LogP contribution in [0.4, 0.5) is 4.79 Å². The molecule has 0 saturated heterocycles. The highest BCUT2D eigenvalue weighted by Gasteiger charge is 2.18. The first-order valence-corrected chi connectivity index (χ1v) is 11.5. The first kappa shape index (κ1) is 23.7. The monoisotopic (exact) mass is 417 g/mol. The van der Waals surface area contributed by atoms with Crippen LogP contribution in [0.2, 0.25) is 5.02 Å². The summed E-state index contributed by atoms with van der Waals surface area (Å²) in [5.74, 6) is -0.0178. The van der Waals surface area contributed by atoms with Gasteiger partial charge in [-0.05, 0) is 57.6 Å². The van der Waals surface area contributed by atoms with Gasteiger partial charge in [0.2, 0.25) is 0 Å². The number of hydrogen-bond donors (Lipinski definition) is 1. The maximum absolute atomic E-state index is 12.4. The molecule has 0 atom stereocenters. The standard InChI is InChI=1S/C19H32ClN3O3S/c1-5-22(6-2)13-14-23(16(3)4)19(24)21-12-7-15-27(25,26)18-10-8-17(20)9-11-18/h8-11,16H,5-7,12-15H2,1-4H3,(H,21,24). The molecule has 1 N–H and O–H groups in total. The smallest absolute Gasteiger partial charge is 0.317 e. The quantitative estimate of drug-likeness (QED) is 0.561. The molecule has 154 valence electrons. The fourth-order valence-corrected chi connectivity index (χ4v) is 4.14. The van der Waals surface area contributed by atoms with Crippen molar-refractivity contribution >= 4 is 27.5 Å². The number of nitrogens with one attached hydrogen (secondary N) is 1. The number of carbonyl (C=O) groups is 1. The van der Waals surface area contributed by atoms with E-state index in [1.165, 1.54) is 12.1 Å². The summed E-state index contributed by atoms with van der Waals surface area (Å²) in [6.45, 7) is 11.9. The molecule has 1 rings (SSSR count). The van der Waals surface area contributed by atoms with E-state index in [0.717, 1.165) is 19.6 Å². The fraction of sp³-hybridized carbons (Fsp3) is 0.632. The summed E-state index contributed by atoms with van der Waals surface area (Å²) in [5.41, 5.74) is 0. The van der Waals surface area contributed by atoms with Crippen molar-refractivity contribution in [1.29, 1.82) is 0 Å². The summed E-state index contributed by atoms with van der Waals surface area (Å²) in [5, 5.41) is 3.34. The van der Waals surface area contributed by atoms with Crippen molar-refractivity contribution < 1.29 is 13.2 Å². The molecule has 27 heavy (non-hydrogen) atoms. The van der Waals surface area contributed by atoms with Gasteiger partial charge < -0.3 is 15.1 Å². The minimum absolute atomic E-state index is 0.0178. The van der Waals surface area contributed by atoms with Crippen molar-refractivity contribution in [3.63, 3.8) is 0 Å². The minimum atomic E-state index is -3.37. The van der Waals surface area contributed by atoms with E-state index in [4.69, 9.17) is 11.6 Å². The van der Waals surface area contributed by atoms with Gasteiger partial charge >= 0.3 is 6.03 Å². The Morgan fingerprint density at radius 1 is 1.11 bits per heavy atom. The minimum Gasteiger partial charge on any atom is -0.338 e. The number of benzene rings is 1. The maximum atomic E-state index is 12.4. The molecule has 0 heterocycles. The Bertz CT molecular complexity index is 674. The van der Waals surface area contributed by atoms with E-state index in [0.29, 0.717) is 24.5 Å². The number of likely N-dealkylation sites (N-methyl/N-ethyl adjacent to an activating group) is 1. The third-order valence-corrected chi connectivity index (χ3v) is 6.54. The molecule has 0 unspecified atom stereocenters. The predicted molar refractivity (Wildman–Crippen MR) is 111 cm³/mol. The number of halogens is 1. The van der Waals surface area contributed by atoms with Gasteiger partial charge in [0.25, 0.3) is 0 Å². The van der Waals surface area contributed by atoms with Gasteiger partial charge in [-0.25, -0.2) is 13.2 Å². The van der Waals surface area contributed by atoms with Crippen molar-refractivity contribution in [2.75, 3.05) is 38.5 Å². The van der Waals surface area contributed by atoms with Crippen LogP contribution >= 0.6 is 11.6 Å². The summed E-state index contributed by atoms with van der Waals surface area (Å²) in [6, 6.07) is 6.06. The van der Waals surface area contributed by atoms with Crippen LogP contribution in [0.25, 0.3) is 0 Å². The van der Waals surface area contributed by atoms with Crippen molar-refractivity contribution in [3.8, 4) is 0 Å². The van der Waals surface area contributed by atoms with E-state index in [1.54, 1.807) is 17.0 Å². The molecule has 0 aliphatic rings. The Hall–Kier alpha value is -1.31. The van der Waals surface area contributed by atoms with Crippen LogP contribution in [0.1, 0.15) is 34.1 Å². The third kappa shape index (κ3) is 8.07. The average Bonchev–Trinajstić information content (AvgIpc) is 2.62. The van der Waals surface area contributed by atoms with E-state index in [9.17, 15) is 13.2 Å². The second-order valence-electron chi connectivity index (χ2n) is 6.67. The van der Waals surface area contributed by atoms with Crippen molar-refractivity contribution in [2.45, 2.75) is 45.1 Å². The molecule has 6 nitrogen and oxygen atoms in total. The molecule has 0 bridgehead atoms. The molecule has 1 aromatic rings. The Morgan fingerprint density at radius 2 is 1.70 bits per heavy atom. The van der Waals surface area contributed by atoms with Crippen LogP contribution in [-0.2, 0) is 9.84 Å². The first-order chi connectivity index (χ1) is 12.7. The topological polar surface area (TPSA) is 69.7 Å². The Labute approximate surface area is 168 Å². The third-order valence-electron chi connectivity index (χ3n) is 4.47. The van der Waals surface area contributed by atoms with Crippen LogP contribution in [0.15, 0.2) is 29.2 Å². The zero-order chi connectivity index (χ0) is 20.4. The largest absolute Gasteiger partial charge is 0.338 e. The molecule has 0 aliphatic heterocycles. The first-order valence-electron chi connectivity index (χ1n) is 9.46. The Kier molecular flexibility index (Phi) is 10.1. The number of amides is 2. The molecular weight excluding hydrogens is 386 g/mol. The molecular formula is C19H32ClN3O3S. The Morgan fingerprint density at radius 3 is 2.22 bits per heavy atom. The van der Waals surface area contributed by atoms with Crippen molar-refractivity contribution in [3.05, 3.63) is 29.3 Å². The number of carbonyl (C=O) groups excluding carboxylic acids is 1. The zero-order valence-electron chi connectivity index (χ0n) is 16.7. The summed E-state index contributed by atoms with van der Waals surface area (Å²) in [7, 11) is -3.37. The van der Waals surface area contributed by atoms with Gasteiger partial charge in [0.05, 0.1) is 10.6 Å². The highest BCUT2D eigenvalue weighted by atomic mass is 35.5. The number of hydrogen-bond acceptors (Lipinski definition) is 4. The number of rotatable bonds is 11. The fourth-order valence-electron chi connectivity index (χ4n) is 2.70. The molecule has 0 fully saturated rings. The van der Waals surface area contributed by atoms with Gasteiger partial charge in [0.1, 0.15) is 0 Å². The van der Waals surface area contributed by atoms with Gasteiger partial charge in [-0.15, -0.1) is 0 Å². The predicted octanol–water partition coefficient (Wildman–Crippen LogP) is 3.27. The number of urea groups is 1. The molecule has 1 aromatic carbocycles.